The number of carboxylic acid groups (broad SMARTS) is 1. The van der Waals surface area contributed by atoms with Crippen LogP contribution >= 0.6 is 0 Å². The van der Waals surface area contributed by atoms with Gasteiger partial charge in [0.1, 0.15) is 0 Å². The lowest BCUT2D eigenvalue weighted by molar-refractivity contribution is -0.146. The topological polar surface area (TPSA) is 87.0 Å². The number of hydrogen-bond acceptors (Lipinski definition) is 4. The summed E-state index contributed by atoms with van der Waals surface area (Å²) in [5.74, 6) is -0.830. The molecule has 0 saturated carbocycles. The van der Waals surface area contributed by atoms with Gasteiger partial charge in [-0.1, -0.05) is 30.3 Å². The van der Waals surface area contributed by atoms with Gasteiger partial charge >= 0.3 is 5.97 Å². The van der Waals surface area contributed by atoms with Gasteiger partial charge in [-0.2, -0.15) is 0 Å². The average Bonchev–Trinajstić information content (AvgIpc) is 2.48. The molecule has 0 radical (unpaired) electrons. The van der Waals surface area contributed by atoms with Crippen LogP contribution in [-0.4, -0.2) is 28.4 Å². The van der Waals surface area contributed by atoms with E-state index in [-0.39, 0.29) is 5.75 Å². The Bertz CT molecular complexity index is 651. The summed E-state index contributed by atoms with van der Waals surface area (Å²) in [6.07, 6.45) is -0.990. The van der Waals surface area contributed by atoms with E-state index in [1.165, 1.54) is 7.11 Å². The van der Waals surface area contributed by atoms with Crippen molar-refractivity contribution >= 4 is 5.97 Å². The van der Waals surface area contributed by atoms with E-state index in [0.29, 0.717) is 17.7 Å². The number of carboxylic acids is 1. The minimum absolute atomic E-state index is 0.0660. The Kier molecular flexibility index (Phi) is 4.45. The highest BCUT2D eigenvalue weighted by Crippen LogP contribution is 2.27. The monoisotopic (exact) mass is 288 g/mol. The molecule has 0 unspecified atom stereocenters. The van der Waals surface area contributed by atoms with E-state index in [0.717, 1.165) is 11.1 Å². The van der Waals surface area contributed by atoms with Crippen LogP contribution in [0.1, 0.15) is 22.8 Å². The predicted molar refractivity (Wildman–Crippen MR) is 76.5 cm³/mol. The maximum atomic E-state index is 10.8. The van der Waals surface area contributed by atoms with Crippen LogP contribution in [0.4, 0.5) is 0 Å². The second kappa shape index (κ2) is 6.28. The van der Waals surface area contributed by atoms with Gasteiger partial charge in [0.15, 0.2) is 17.6 Å². The first kappa shape index (κ1) is 14.9. The van der Waals surface area contributed by atoms with Gasteiger partial charge in [-0.05, 0) is 35.2 Å². The molecule has 0 aliphatic rings. The van der Waals surface area contributed by atoms with Crippen LogP contribution in [0.5, 0.6) is 11.5 Å². The summed E-state index contributed by atoms with van der Waals surface area (Å²) in [6, 6.07) is 11.8. The fourth-order valence-corrected chi connectivity index (χ4v) is 2.08. The van der Waals surface area contributed by atoms with Crippen LogP contribution in [0.25, 0.3) is 0 Å². The maximum absolute atomic E-state index is 10.8. The maximum Gasteiger partial charge on any atom is 0.337 e. The second-order valence-electron chi connectivity index (χ2n) is 4.67. The van der Waals surface area contributed by atoms with Gasteiger partial charge in [0.05, 0.1) is 7.11 Å². The molecule has 110 valence electrons. The molecule has 2 rings (SSSR count). The molecule has 2 aromatic rings. The fraction of sp³-hybridized carbons (Fsp3) is 0.188. The molecular formula is C16H16O5. The Morgan fingerprint density at radius 1 is 1.19 bits per heavy atom. The first-order valence-electron chi connectivity index (χ1n) is 6.37. The molecule has 0 aromatic heterocycles. The zero-order valence-corrected chi connectivity index (χ0v) is 11.5. The molecule has 0 amide bonds. The van der Waals surface area contributed by atoms with Gasteiger partial charge in [0.25, 0.3) is 0 Å². The van der Waals surface area contributed by atoms with Crippen LogP contribution < -0.4 is 4.74 Å². The minimum atomic E-state index is -1.53. The number of aliphatic carboxylic acids is 1. The molecule has 1 atom stereocenters. The first-order valence-corrected chi connectivity index (χ1v) is 6.37. The van der Waals surface area contributed by atoms with Gasteiger partial charge in [-0.3, -0.25) is 0 Å². The number of aliphatic hydroxyl groups excluding tert-OH is 1. The van der Waals surface area contributed by atoms with Crippen molar-refractivity contribution in [3.63, 3.8) is 0 Å². The highest BCUT2D eigenvalue weighted by atomic mass is 16.5. The zero-order chi connectivity index (χ0) is 15.4. The van der Waals surface area contributed by atoms with Crippen molar-refractivity contribution in [2.75, 3.05) is 7.11 Å². The van der Waals surface area contributed by atoms with Crippen molar-refractivity contribution in [2.24, 2.45) is 0 Å². The summed E-state index contributed by atoms with van der Waals surface area (Å²) < 4.78 is 5.05. The Balaban J connectivity index is 2.24. The van der Waals surface area contributed by atoms with Crippen molar-refractivity contribution in [1.82, 2.24) is 0 Å². The summed E-state index contributed by atoms with van der Waals surface area (Å²) >= 11 is 0. The number of benzene rings is 2. The molecule has 0 aliphatic carbocycles. The normalized spacial score (nSPS) is 11.9. The molecule has 0 bridgehead atoms. The highest BCUT2D eigenvalue weighted by Gasteiger charge is 2.15. The lowest BCUT2D eigenvalue weighted by Crippen LogP contribution is -2.10. The Morgan fingerprint density at radius 3 is 2.57 bits per heavy atom. The zero-order valence-electron chi connectivity index (χ0n) is 11.5. The van der Waals surface area contributed by atoms with Crippen molar-refractivity contribution in [1.29, 1.82) is 0 Å². The highest BCUT2D eigenvalue weighted by molar-refractivity contribution is 5.74. The summed E-state index contributed by atoms with van der Waals surface area (Å²) in [5.41, 5.74) is 2.11. The molecule has 0 heterocycles. The first-order chi connectivity index (χ1) is 10.0. The fourth-order valence-electron chi connectivity index (χ4n) is 2.08. The lowest BCUT2D eigenvalue weighted by atomic mass is 10.0. The summed E-state index contributed by atoms with van der Waals surface area (Å²) in [4.78, 5) is 10.8. The van der Waals surface area contributed by atoms with Crippen LogP contribution in [-0.2, 0) is 11.2 Å². The smallest absolute Gasteiger partial charge is 0.337 e. The molecule has 0 saturated heterocycles. The molecule has 5 heteroatoms. The number of carbonyl (C=O) groups is 1. The van der Waals surface area contributed by atoms with E-state index in [9.17, 15) is 15.0 Å². The number of aliphatic hydroxyl groups is 1. The van der Waals surface area contributed by atoms with E-state index in [4.69, 9.17) is 9.84 Å². The van der Waals surface area contributed by atoms with Gasteiger partial charge in [-0.15, -0.1) is 0 Å². The Hall–Kier alpha value is -2.53. The molecule has 3 N–H and O–H groups in total. The van der Waals surface area contributed by atoms with E-state index in [1.54, 1.807) is 36.4 Å². The quantitative estimate of drug-likeness (QED) is 0.784. The number of aromatic hydroxyl groups is 1. The predicted octanol–water partition coefficient (Wildman–Crippen LogP) is 2.11. The van der Waals surface area contributed by atoms with E-state index in [1.807, 2.05) is 6.07 Å². The standard InChI is InChI=1S/C16H16O5/c1-21-14-9-11(5-6-13(14)17)7-10-3-2-4-12(8-10)15(18)16(19)20/h2-6,8-9,15,17-18H,7H2,1H3,(H,19,20)/t15-/m1/s1. The number of hydrogen-bond donors (Lipinski definition) is 3. The number of ether oxygens (including phenoxy) is 1. The molecular weight excluding hydrogens is 272 g/mol. The van der Waals surface area contributed by atoms with Gasteiger partial charge < -0.3 is 20.1 Å². The number of methoxy groups -OCH3 is 1. The van der Waals surface area contributed by atoms with Crippen LogP contribution in [0.3, 0.4) is 0 Å². The summed E-state index contributed by atoms with van der Waals surface area (Å²) in [6.45, 7) is 0. The van der Waals surface area contributed by atoms with E-state index < -0.39 is 12.1 Å². The number of rotatable bonds is 5. The van der Waals surface area contributed by atoms with Gasteiger partial charge in [0, 0.05) is 0 Å². The lowest BCUT2D eigenvalue weighted by Gasteiger charge is -2.10. The molecule has 0 spiro atoms. The minimum Gasteiger partial charge on any atom is -0.504 e. The van der Waals surface area contributed by atoms with Crippen molar-refractivity contribution in [2.45, 2.75) is 12.5 Å². The third-order valence-corrected chi connectivity index (χ3v) is 3.15. The van der Waals surface area contributed by atoms with Crippen molar-refractivity contribution in [3.05, 3.63) is 59.2 Å². The van der Waals surface area contributed by atoms with Crippen LogP contribution in [0, 0.1) is 0 Å². The molecule has 0 fully saturated rings. The molecule has 5 nitrogen and oxygen atoms in total. The number of phenolic OH excluding ortho intramolecular Hbond substituents is 1. The summed E-state index contributed by atoms with van der Waals surface area (Å²) in [7, 11) is 1.47. The SMILES string of the molecule is COc1cc(Cc2cccc([C@@H](O)C(=O)O)c2)ccc1O. The van der Waals surface area contributed by atoms with Crippen molar-refractivity contribution < 1.29 is 24.9 Å². The third kappa shape index (κ3) is 3.52. The number of phenols is 1. The Labute approximate surface area is 122 Å². The molecule has 0 aliphatic heterocycles. The second-order valence-corrected chi connectivity index (χ2v) is 4.67. The summed E-state index contributed by atoms with van der Waals surface area (Å²) in [5, 5.41) is 27.9. The van der Waals surface area contributed by atoms with E-state index in [2.05, 4.69) is 0 Å². The molecule has 2 aromatic carbocycles. The van der Waals surface area contributed by atoms with Gasteiger partial charge in [-0.25, -0.2) is 4.79 Å². The van der Waals surface area contributed by atoms with Crippen LogP contribution in [0.15, 0.2) is 42.5 Å². The largest absolute Gasteiger partial charge is 0.504 e. The van der Waals surface area contributed by atoms with Gasteiger partial charge in [0.2, 0.25) is 0 Å². The molecule has 21 heavy (non-hydrogen) atoms. The van der Waals surface area contributed by atoms with Crippen LogP contribution in [0.2, 0.25) is 0 Å². The average molecular weight is 288 g/mol. The third-order valence-electron chi connectivity index (χ3n) is 3.15. The van der Waals surface area contributed by atoms with E-state index >= 15 is 0 Å². The van der Waals surface area contributed by atoms with Crippen molar-refractivity contribution in [3.8, 4) is 11.5 Å². The Morgan fingerprint density at radius 2 is 1.90 bits per heavy atom.